The van der Waals surface area contributed by atoms with Gasteiger partial charge >= 0.3 is 0 Å². The van der Waals surface area contributed by atoms with Crippen LogP contribution in [-0.4, -0.2) is 25.8 Å². The van der Waals surface area contributed by atoms with Crippen molar-refractivity contribution in [1.82, 2.24) is 19.5 Å². The van der Waals surface area contributed by atoms with Crippen LogP contribution in [0.5, 0.6) is 0 Å². The lowest BCUT2D eigenvalue weighted by Gasteiger charge is -2.04. The van der Waals surface area contributed by atoms with Gasteiger partial charge < -0.3 is 15.1 Å². The van der Waals surface area contributed by atoms with Crippen molar-refractivity contribution in [3.05, 3.63) is 12.7 Å². The molecule has 0 spiro atoms. The molecule has 0 amide bonds. The number of carbonyl (C=O) groups is 1. The average molecular weight is 191 g/mol. The summed E-state index contributed by atoms with van der Waals surface area (Å²) in [6.07, 6.45) is 3.71. The van der Waals surface area contributed by atoms with Crippen LogP contribution in [-0.2, 0) is 4.79 Å². The number of hydrogen-bond acceptors (Lipinski definition) is 5. The van der Waals surface area contributed by atoms with Crippen molar-refractivity contribution in [2.45, 2.75) is 13.0 Å². The molecule has 0 aliphatic carbocycles. The highest BCUT2D eigenvalue weighted by atomic mass is 16.1. The minimum absolute atomic E-state index is 0.297. The molecule has 14 heavy (non-hydrogen) atoms. The molecule has 72 valence electrons. The second kappa shape index (κ2) is 3.06. The Balaban J connectivity index is 2.69. The molecule has 1 atom stereocenters. The number of aldehydes is 1. The van der Waals surface area contributed by atoms with E-state index < -0.39 is 0 Å². The number of aromatic nitrogens is 4. The smallest absolute Gasteiger partial charge is 0.166 e. The molecule has 0 fully saturated rings. The van der Waals surface area contributed by atoms with E-state index in [2.05, 4.69) is 15.0 Å². The zero-order chi connectivity index (χ0) is 10.1. The molecule has 0 aliphatic heterocycles. The van der Waals surface area contributed by atoms with E-state index in [9.17, 15) is 4.79 Å². The van der Waals surface area contributed by atoms with Crippen LogP contribution in [0.2, 0.25) is 0 Å². The largest absolute Gasteiger partial charge is 0.382 e. The molecular formula is C8H9N5O. The predicted octanol–water partition coefficient (Wildman–Crippen LogP) is 0.168. The zero-order valence-corrected chi connectivity index (χ0v) is 7.58. The Labute approximate surface area is 79.8 Å². The third-order valence-corrected chi connectivity index (χ3v) is 2.02. The molecule has 1 unspecified atom stereocenters. The van der Waals surface area contributed by atoms with Crippen molar-refractivity contribution in [2.75, 3.05) is 5.73 Å². The minimum atomic E-state index is -0.297. The Morgan fingerprint density at radius 1 is 1.50 bits per heavy atom. The number of carbonyl (C=O) groups excluding carboxylic acids is 1. The molecule has 2 aromatic rings. The highest BCUT2D eigenvalue weighted by Crippen LogP contribution is 2.16. The summed E-state index contributed by atoms with van der Waals surface area (Å²) in [6, 6.07) is -0.297. The van der Waals surface area contributed by atoms with Crippen LogP contribution in [0.15, 0.2) is 12.7 Å². The van der Waals surface area contributed by atoms with E-state index >= 15 is 0 Å². The highest BCUT2D eigenvalue weighted by molar-refractivity contribution is 5.81. The van der Waals surface area contributed by atoms with E-state index in [-0.39, 0.29) is 6.04 Å². The number of hydrogen-bond donors (Lipinski definition) is 1. The lowest BCUT2D eigenvalue weighted by atomic mass is 10.4. The number of rotatable bonds is 2. The van der Waals surface area contributed by atoms with Gasteiger partial charge in [0.25, 0.3) is 0 Å². The van der Waals surface area contributed by atoms with Crippen LogP contribution >= 0.6 is 0 Å². The van der Waals surface area contributed by atoms with Gasteiger partial charge in [-0.25, -0.2) is 15.0 Å². The maximum atomic E-state index is 10.6. The summed E-state index contributed by atoms with van der Waals surface area (Å²) in [5.74, 6) is 0.326. The number of imidazole rings is 1. The van der Waals surface area contributed by atoms with Crippen LogP contribution in [0.1, 0.15) is 13.0 Å². The van der Waals surface area contributed by atoms with E-state index in [1.54, 1.807) is 11.5 Å². The van der Waals surface area contributed by atoms with Gasteiger partial charge in [-0.15, -0.1) is 0 Å². The van der Waals surface area contributed by atoms with E-state index in [1.807, 2.05) is 0 Å². The summed E-state index contributed by atoms with van der Waals surface area (Å²) in [7, 11) is 0. The number of nitrogens with zero attached hydrogens (tertiary/aromatic N) is 4. The Kier molecular flexibility index (Phi) is 1.88. The molecule has 2 N–H and O–H groups in total. The summed E-state index contributed by atoms with van der Waals surface area (Å²) in [5.41, 5.74) is 6.71. The van der Waals surface area contributed by atoms with Gasteiger partial charge in [0.2, 0.25) is 0 Å². The van der Waals surface area contributed by atoms with Crippen molar-refractivity contribution >= 4 is 23.3 Å². The van der Waals surface area contributed by atoms with Crippen LogP contribution in [0.3, 0.4) is 0 Å². The third kappa shape index (κ3) is 1.12. The highest BCUT2D eigenvalue weighted by Gasteiger charge is 2.11. The average Bonchev–Trinajstić information content (AvgIpc) is 2.62. The van der Waals surface area contributed by atoms with E-state index in [0.717, 1.165) is 6.29 Å². The molecule has 2 aromatic heterocycles. The Hall–Kier alpha value is -1.98. The van der Waals surface area contributed by atoms with Crippen molar-refractivity contribution in [3.63, 3.8) is 0 Å². The van der Waals surface area contributed by atoms with Gasteiger partial charge in [0.1, 0.15) is 18.1 Å². The Morgan fingerprint density at radius 2 is 2.29 bits per heavy atom. The summed E-state index contributed by atoms with van der Waals surface area (Å²) in [6.45, 7) is 1.76. The molecule has 0 saturated carbocycles. The topological polar surface area (TPSA) is 86.7 Å². The van der Waals surface area contributed by atoms with Gasteiger partial charge in [0.15, 0.2) is 11.5 Å². The number of nitrogens with two attached hydrogens (primary N) is 1. The van der Waals surface area contributed by atoms with Crippen LogP contribution in [0.4, 0.5) is 5.82 Å². The molecule has 0 saturated heterocycles. The van der Waals surface area contributed by atoms with Gasteiger partial charge in [0, 0.05) is 0 Å². The first-order valence-electron chi connectivity index (χ1n) is 4.12. The molecule has 6 nitrogen and oxygen atoms in total. The molecule has 0 bridgehead atoms. The molecular weight excluding hydrogens is 182 g/mol. The molecule has 6 heteroatoms. The normalized spacial score (nSPS) is 12.9. The molecule has 2 heterocycles. The van der Waals surface area contributed by atoms with Crippen LogP contribution < -0.4 is 5.73 Å². The molecule has 2 rings (SSSR count). The van der Waals surface area contributed by atoms with Crippen LogP contribution in [0, 0.1) is 0 Å². The predicted molar refractivity (Wildman–Crippen MR) is 50.5 cm³/mol. The fourth-order valence-electron chi connectivity index (χ4n) is 1.23. The van der Waals surface area contributed by atoms with Gasteiger partial charge in [-0.3, -0.25) is 0 Å². The summed E-state index contributed by atoms with van der Waals surface area (Å²) >= 11 is 0. The monoisotopic (exact) mass is 191 g/mol. The second-order valence-electron chi connectivity index (χ2n) is 2.96. The molecule has 0 radical (unpaired) electrons. The number of fused-ring (bicyclic) bond motifs is 1. The fourth-order valence-corrected chi connectivity index (χ4v) is 1.23. The number of anilines is 1. The van der Waals surface area contributed by atoms with Crippen molar-refractivity contribution in [1.29, 1.82) is 0 Å². The maximum absolute atomic E-state index is 10.6. The first-order chi connectivity index (χ1) is 6.74. The first kappa shape index (κ1) is 8.61. The quantitative estimate of drug-likeness (QED) is 0.683. The maximum Gasteiger partial charge on any atom is 0.166 e. The molecule has 0 aromatic carbocycles. The van der Waals surface area contributed by atoms with Gasteiger partial charge in [-0.2, -0.15) is 0 Å². The SMILES string of the molecule is CC(C=O)n1cnc2c(N)ncnc21. The van der Waals surface area contributed by atoms with Crippen molar-refractivity contribution < 1.29 is 4.79 Å². The van der Waals surface area contributed by atoms with Gasteiger partial charge in [0.05, 0.1) is 12.4 Å². The summed E-state index contributed by atoms with van der Waals surface area (Å²) < 4.78 is 1.65. The fraction of sp³-hybridized carbons (Fsp3) is 0.250. The summed E-state index contributed by atoms with van der Waals surface area (Å²) in [4.78, 5) is 22.5. The minimum Gasteiger partial charge on any atom is -0.382 e. The van der Waals surface area contributed by atoms with Crippen molar-refractivity contribution in [3.8, 4) is 0 Å². The van der Waals surface area contributed by atoms with E-state index in [4.69, 9.17) is 5.73 Å². The lowest BCUT2D eigenvalue weighted by molar-refractivity contribution is -0.110. The first-order valence-corrected chi connectivity index (χ1v) is 4.12. The third-order valence-electron chi connectivity index (χ3n) is 2.02. The number of nitrogen functional groups attached to an aromatic ring is 1. The zero-order valence-electron chi connectivity index (χ0n) is 7.58. The van der Waals surface area contributed by atoms with Crippen molar-refractivity contribution in [2.24, 2.45) is 0 Å². The molecule has 0 aliphatic rings. The van der Waals surface area contributed by atoms with E-state index in [0.29, 0.717) is 17.0 Å². The Bertz CT molecular complexity index is 478. The van der Waals surface area contributed by atoms with Crippen LogP contribution in [0.25, 0.3) is 11.2 Å². The second-order valence-corrected chi connectivity index (χ2v) is 2.96. The Morgan fingerprint density at radius 3 is 3.00 bits per heavy atom. The van der Waals surface area contributed by atoms with Gasteiger partial charge in [-0.05, 0) is 6.92 Å². The standard InChI is InChI=1S/C8H9N5O/c1-5(2-14)13-4-12-6-7(9)10-3-11-8(6)13/h2-5H,1H3,(H2,9,10,11). The lowest BCUT2D eigenvalue weighted by Crippen LogP contribution is -2.05. The summed E-state index contributed by atoms with van der Waals surface area (Å²) in [5, 5.41) is 0. The van der Waals surface area contributed by atoms with Gasteiger partial charge in [-0.1, -0.05) is 0 Å². The van der Waals surface area contributed by atoms with E-state index in [1.165, 1.54) is 12.7 Å².